The van der Waals surface area contributed by atoms with E-state index in [1.807, 2.05) is 6.92 Å². The molecule has 0 bridgehead atoms. The number of benzene rings is 3. The van der Waals surface area contributed by atoms with Gasteiger partial charge in [-0.3, -0.25) is 9.59 Å². The van der Waals surface area contributed by atoms with Gasteiger partial charge in [0.1, 0.15) is 17.2 Å². The van der Waals surface area contributed by atoms with Crippen LogP contribution in [0, 0.1) is 5.82 Å². The summed E-state index contributed by atoms with van der Waals surface area (Å²) in [5.74, 6) is -1.15. The van der Waals surface area contributed by atoms with Crippen molar-refractivity contribution < 1.29 is 23.8 Å². The standard InChI is InChI=1S/C27H23Cl3FNO4/c1-27(13-16-5-7-22(31)21(29)11-16)14-19-12-17(6-8-23(19)36-27)26(35)32(10-9-24(33)34)15-18-3-2-4-20(28)25(18)30/h2-8,11-12H,9-10,13-15H2,1H3,(H,33,34). The van der Waals surface area contributed by atoms with Crippen molar-refractivity contribution in [3.05, 3.63) is 97.7 Å². The van der Waals surface area contributed by atoms with Gasteiger partial charge in [0.2, 0.25) is 0 Å². The lowest BCUT2D eigenvalue weighted by molar-refractivity contribution is -0.137. The summed E-state index contributed by atoms with van der Waals surface area (Å²) < 4.78 is 19.7. The minimum Gasteiger partial charge on any atom is -0.487 e. The van der Waals surface area contributed by atoms with E-state index in [2.05, 4.69) is 0 Å². The van der Waals surface area contributed by atoms with E-state index in [0.717, 1.165) is 11.1 Å². The van der Waals surface area contributed by atoms with Crippen LogP contribution in [0.3, 0.4) is 0 Å². The molecular formula is C27H23Cl3FNO4. The lowest BCUT2D eigenvalue weighted by atomic mass is 9.91. The van der Waals surface area contributed by atoms with Gasteiger partial charge in [0.05, 0.1) is 21.5 Å². The number of carboxylic acids is 1. The Balaban J connectivity index is 1.54. The largest absolute Gasteiger partial charge is 0.487 e. The number of nitrogens with zero attached hydrogens (tertiary/aromatic N) is 1. The second-order valence-corrected chi connectivity index (χ2v) is 10.3. The number of halogens is 4. The Morgan fingerprint density at radius 2 is 1.86 bits per heavy atom. The van der Waals surface area contributed by atoms with Gasteiger partial charge in [0.25, 0.3) is 5.91 Å². The summed E-state index contributed by atoms with van der Waals surface area (Å²) in [6, 6.07) is 14.9. The zero-order chi connectivity index (χ0) is 26.0. The highest BCUT2D eigenvalue weighted by molar-refractivity contribution is 6.42. The molecule has 1 aliphatic rings. The van der Waals surface area contributed by atoms with Crippen molar-refractivity contribution in [2.45, 2.75) is 38.3 Å². The van der Waals surface area contributed by atoms with E-state index >= 15 is 0 Å². The van der Waals surface area contributed by atoms with Crippen molar-refractivity contribution in [3.8, 4) is 5.75 Å². The van der Waals surface area contributed by atoms with Crippen LogP contribution in [0.4, 0.5) is 4.39 Å². The predicted octanol–water partition coefficient (Wildman–Crippen LogP) is 6.84. The Labute approximate surface area is 223 Å². The SMILES string of the molecule is CC1(Cc2ccc(F)c(Cl)c2)Cc2cc(C(=O)N(CCC(=O)O)Cc3cccc(Cl)c3Cl)ccc2O1. The molecule has 4 rings (SSSR count). The molecule has 1 unspecified atom stereocenters. The fourth-order valence-corrected chi connectivity index (χ4v) is 4.96. The molecule has 3 aromatic rings. The number of amides is 1. The van der Waals surface area contributed by atoms with Gasteiger partial charge >= 0.3 is 5.97 Å². The van der Waals surface area contributed by atoms with Crippen LogP contribution in [-0.4, -0.2) is 34.0 Å². The number of hydrogen-bond donors (Lipinski definition) is 1. The molecular weight excluding hydrogens is 528 g/mol. The molecule has 9 heteroatoms. The second-order valence-electron chi connectivity index (χ2n) is 9.06. The first-order chi connectivity index (χ1) is 17.0. The van der Waals surface area contributed by atoms with Crippen molar-refractivity contribution >= 4 is 46.7 Å². The molecule has 0 saturated carbocycles. The maximum absolute atomic E-state index is 13.5. The summed E-state index contributed by atoms with van der Waals surface area (Å²) in [5.41, 5.74) is 2.14. The van der Waals surface area contributed by atoms with E-state index in [1.165, 1.54) is 11.0 Å². The lowest BCUT2D eigenvalue weighted by Crippen LogP contribution is -2.33. The fourth-order valence-electron chi connectivity index (χ4n) is 4.38. The van der Waals surface area contributed by atoms with E-state index in [9.17, 15) is 19.1 Å². The van der Waals surface area contributed by atoms with Gasteiger partial charge < -0.3 is 14.7 Å². The summed E-state index contributed by atoms with van der Waals surface area (Å²) in [6.45, 7) is 2.07. The molecule has 1 aliphatic heterocycles. The van der Waals surface area contributed by atoms with Gasteiger partial charge in [-0.1, -0.05) is 53.0 Å². The summed E-state index contributed by atoms with van der Waals surface area (Å²) in [7, 11) is 0. The summed E-state index contributed by atoms with van der Waals surface area (Å²) >= 11 is 18.4. The number of fused-ring (bicyclic) bond motifs is 1. The normalized spacial score (nSPS) is 16.4. The van der Waals surface area contributed by atoms with E-state index in [0.29, 0.717) is 39.8 Å². The fraction of sp³-hybridized carbons (Fsp3) is 0.259. The Morgan fingerprint density at radius 1 is 1.08 bits per heavy atom. The maximum atomic E-state index is 13.5. The zero-order valence-corrected chi connectivity index (χ0v) is 21.6. The van der Waals surface area contributed by atoms with E-state index < -0.39 is 17.4 Å². The van der Waals surface area contributed by atoms with Crippen LogP contribution in [0.2, 0.25) is 15.1 Å². The minimum absolute atomic E-state index is 0.00757. The van der Waals surface area contributed by atoms with E-state index in [1.54, 1.807) is 48.5 Å². The third-order valence-corrected chi connectivity index (χ3v) is 7.21. The molecule has 3 aromatic carbocycles. The van der Waals surface area contributed by atoms with Crippen LogP contribution in [0.5, 0.6) is 5.75 Å². The average molecular weight is 551 g/mol. The smallest absolute Gasteiger partial charge is 0.305 e. The molecule has 0 spiro atoms. The highest BCUT2D eigenvalue weighted by atomic mass is 35.5. The van der Waals surface area contributed by atoms with Crippen LogP contribution in [-0.2, 0) is 24.2 Å². The van der Waals surface area contributed by atoms with Gasteiger partial charge in [-0.25, -0.2) is 4.39 Å². The molecule has 188 valence electrons. The first-order valence-corrected chi connectivity index (χ1v) is 12.4. The highest BCUT2D eigenvalue weighted by Crippen LogP contribution is 2.38. The van der Waals surface area contributed by atoms with Gasteiger partial charge in [0, 0.05) is 31.5 Å². The lowest BCUT2D eigenvalue weighted by Gasteiger charge is -2.24. The first-order valence-electron chi connectivity index (χ1n) is 11.2. The molecule has 0 saturated heterocycles. The van der Waals surface area contributed by atoms with Crippen LogP contribution in [0.15, 0.2) is 54.6 Å². The van der Waals surface area contributed by atoms with Crippen LogP contribution < -0.4 is 4.74 Å². The van der Waals surface area contributed by atoms with Crippen LogP contribution in [0.1, 0.15) is 40.4 Å². The average Bonchev–Trinajstić information content (AvgIpc) is 3.16. The summed E-state index contributed by atoms with van der Waals surface area (Å²) in [5, 5.41) is 9.93. The summed E-state index contributed by atoms with van der Waals surface area (Å²) in [6.07, 6.45) is 0.826. The highest BCUT2D eigenvalue weighted by Gasteiger charge is 2.36. The third-order valence-electron chi connectivity index (χ3n) is 6.07. The quantitative estimate of drug-likeness (QED) is 0.333. The number of carboxylic acid groups (broad SMARTS) is 1. The molecule has 5 nitrogen and oxygen atoms in total. The minimum atomic E-state index is -1.01. The monoisotopic (exact) mass is 549 g/mol. The number of rotatable bonds is 8. The Hall–Kier alpha value is -2.80. The molecule has 1 amide bonds. The van der Waals surface area contributed by atoms with Gasteiger partial charge in [0.15, 0.2) is 0 Å². The summed E-state index contributed by atoms with van der Waals surface area (Å²) in [4.78, 5) is 26.1. The van der Waals surface area contributed by atoms with Gasteiger partial charge in [-0.05, 0) is 60.0 Å². The molecule has 1 heterocycles. The predicted molar refractivity (Wildman–Crippen MR) is 138 cm³/mol. The molecule has 0 fully saturated rings. The number of carbonyl (C=O) groups excluding carboxylic acids is 1. The van der Waals surface area contributed by atoms with Crippen molar-refractivity contribution in [1.82, 2.24) is 4.90 Å². The van der Waals surface area contributed by atoms with Gasteiger partial charge in [-0.2, -0.15) is 0 Å². The third kappa shape index (κ3) is 5.94. The zero-order valence-electron chi connectivity index (χ0n) is 19.4. The van der Waals surface area contributed by atoms with Crippen molar-refractivity contribution in [2.75, 3.05) is 6.54 Å². The molecule has 0 radical (unpaired) electrons. The molecule has 0 aromatic heterocycles. The number of carbonyl (C=O) groups is 2. The maximum Gasteiger partial charge on any atom is 0.305 e. The number of aliphatic carboxylic acids is 1. The number of hydrogen-bond acceptors (Lipinski definition) is 3. The second kappa shape index (κ2) is 10.7. The topological polar surface area (TPSA) is 66.8 Å². The van der Waals surface area contributed by atoms with E-state index in [4.69, 9.17) is 39.5 Å². The molecule has 1 N–H and O–H groups in total. The van der Waals surface area contributed by atoms with Crippen molar-refractivity contribution in [3.63, 3.8) is 0 Å². The van der Waals surface area contributed by atoms with Crippen LogP contribution >= 0.6 is 34.8 Å². The molecule has 0 aliphatic carbocycles. The van der Waals surface area contributed by atoms with Crippen molar-refractivity contribution in [2.24, 2.45) is 0 Å². The van der Waals surface area contributed by atoms with Gasteiger partial charge in [-0.15, -0.1) is 0 Å². The number of ether oxygens (including phenoxy) is 1. The Bertz CT molecular complexity index is 1330. The Morgan fingerprint density at radius 3 is 2.58 bits per heavy atom. The van der Waals surface area contributed by atoms with E-state index in [-0.39, 0.29) is 30.4 Å². The first kappa shape index (κ1) is 26.3. The molecule has 1 atom stereocenters. The Kier molecular flexibility index (Phi) is 7.79. The van der Waals surface area contributed by atoms with Crippen molar-refractivity contribution in [1.29, 1.82) is 0 Å². The van der Waals surface area contributed by atoms with Crippen LogP contribution in [0.25, 0.3) is 0 Å². The molecule has 36 heavy (non-hydrogen) atoms.